The van der Waals surface area contributed by atoms with Crippen LogP contribution >= 0.6 is 0 Å². The number of hydrogen-bond acceptors (Lipinski definition) is 2. The third kappa shape index (κ3) is 3.60. The zero-order valence-electron chi connectivity index (χ0n) is 14.5. The van der Waals surface area contributed by atoms with Crippen LogP contribution in [0.5, 0.6) is 0 Å². The van der Waals surface area contributed by atoms with Gasteiger partial charge in [0.2, 0.25) is 0 Å². The highest BCUT2D eigenvalue weighted by Gasteiger charge is 2.22. The predicted molar refractivity (Wildman–Crippen MR) is 94.8 cm³/mol. The highest BCUT2D eigenvalue weighted by molar-refractivity contribution is 5.96. The SMILES string of the molecule is Cc1ccc(C(=O)NC(c2cccc(F)c2)c2nccn2C)c(C)c1. The van der Waals surface area contributed by atoms with Gasteiger partial charge in [-0.15, -0.1) is 0 Å². The Bertz CT molecular complexity index is 917. The normalized spacial score (nSPS) is 12.0. The number of amides is 1. The molecular formula is C20H20FN3O. The van der Waals surface area contributed by atoms with Crippen molar-refractivity contribution in [3.8, 4) is 0 Å². The summed E-state index contributed by atoms with van der Waals surface area (Å²) in [7, 11) is 1.85. The molecule has 0 bridgehead atoms. The molecule has 1 amide bonds. The molecule has 1 aromatic heterocycles. The van der Waals surface area contributed by atoms with Crippen LogP contribution in [-0.4, -0.2) is 15.5 Å². The molecule has 0 spiro atoms. The fourth-order valence-corrected chi connectivity index (χ4v) is 2.92. The number of aromatic nitrogens is 2. The summed E-state index contributed by atoms with van der Waals surface area (Å²) in [6, 6.07) is 11.3. The largest absolute Gasteiger partial charge is 0.338 e. The fraction of sp³-hybridized carbons (Fsp3) is 0.200. The highest BCUT2D eigenvalue weighted by atomic mass is 19.1. The molecule has 2 aromatic carbocycles. The van der Waals surface area contributed by atoms with Crippen molar-refractivity contribution >= 4 is 5.91 Å². The van der Waals surface area contributed by atoms with Gasteiger partial charge in [0, 0.05) is 25.0 Å². The van der Waals surface area contributed by atoms with Crippen LogP contribution in [0.25, 0.3) is 0 Å². The number of rotatable bonds is 4. The molecule has 0 aliphatic heterocycles. The van der Waals surface area contributed by atoms with Gasteiger partial charge in [-0.2, -0.15) is 0 Å². The van der Waals surface area contributed by atoms with E-state index in [9.17, 15) is 9.18 Å². The van der Waals surface area contributed by atoms with Gasteiger partial charge in [-0.1, -0.05) is 29.8 Å². The molecule has 1 heterocycles. The Labute approximate surface area is 146 Å². The number of nitrogens with zero attached hydrogens (tertiary/aromatic N) is 2. The van der Waals surface area contributed by atoms with Gasteiger partial charge in [-0.05, 0) is 43.2 Å². The maximum atomic E-state index is 13.7. The van der Waals surface area contributed by atoms with Crippen molar-refractivity contribution in [3.05, 3.63) is 88.8 Å². The van der Waals surface area contributed by atoms with Gasteiger partial charge in [0.1, 0.15) is 17.7 Å². The van der Waals surface area contributed by atoms with E-state index in [1.165, 1.54) is 12.1 Å². The highest BCUT2D eigenvalue weighted by Crippen LogP contribution is 2.22. The molecule has 25 heavy (non-hydrogen) atoms. The molecule has 1 atom stereocenters. The van der Waals surface area contributed by atoms with E-state index in [1.54, 1.807) is 30.6 Å². The minimum absolute atomic E-state index is 0.213. The molecule has 3 aromatic rings. The predicted octanol–water partition coefficient (Wildman–Crippen LogP) is 3.70. The summed E-state index contributed by atoms with van der Waals surface area (Å²) in [5.74, 6) is 0.0796. The Morgan fingerprint density at radius 3 is 2.64 bits per heavy atom. The molecule has 0 aliphatic carbocycles. The monoisotopic (exact) mass is 337 g/mol. The molecule has 5 heteroatoms. The van der Waals surface area contributed by atoms with Crippen LogP contribution in [0.3, 0.4) is 0 Å². The second-order valence-electron chi connectivity index (χ2n) is 6.18. The summed E-state index contributed by atoms with van der Waals surface area (Å²) in [5, 5.41) is 2.99. The van der Waals surface area contributed by atoms with Crippen molar-refractivity contribution in [1.29, 1.82) is 0 Å². The lowest BCUT2D eigenvalue weighted by Gasteiger charge is -2.20. The van der Waals surface area contributed by atoms with Crippen LogP contribution in [0, 0.1) is 19.7 Å². The molecule has 0 aliphatic rings. The van der Waals surface area contributed by atoms with Gasteiger partial charge in [0.15, 0.2) is 0 Å². The van der Waals surface area contributed by atoms with Gasteiger partial charge >= 0.3 is 0 Å². The molecule has 0 saturated carbocycles. The maximum Gasteiger partial charge on any atom is 0.252 e. The van der Waals surface area contributed by atoms with E-state index in [4.69, 9.17) is 0 Å². The van der Waals surface area contributed by atoms with Gasteiger partial charge in [-0.25, -0.2) is 9.37 Å². The van der Waals surface area contributed by atoms with E-state index in [2.05, 4.69) is 10.3 Å². The van der Waals surface area contributed by atoms with E-state index in [0.717, 1.165) is 11.1 Å². The van der Waals surface area contributed by atoms with Crippen LogP contribution < -0.4 is 5.32 Å². The first-order chi connectivity index (χ1) is 12.0. The molecule has 1 unspecified atom stereocenters. The van der Waals surface area contributed by atoms with E-state index >= 15 is 0 Å². The van der Waals surface area contributed by atoms with Gasteiger partial charge in [0.05, 0.1) is 0 Å². The Morgan fingerprint density at radius 1 is 1.20 bits per heavy atom. The number of benzene rings is 2. The molecule has 0 saturated heterocycles. The number of halogens is 1. The van der Waals surface area contributed by atoms with E-state index < -0.39 is 6.04 Å². The standard InChI is InChI=1S/C20H20FN3O/c1-13-7-8-17(14(2)11-13)20(25)23-18(19-22-9-10-24(19)3)15-5-4-6-16(21)12-15/h4-12,18H,1-3H3,(H,23,25). The van der Waals surface area contributed by atoms with Crippen LogP contribution in [0.4, 0.5) is 4.39 Å². The lowest BCUT2D eigenvalue weighted by molar-refractivity contribution is 0.0940. The number of carbonyl (C=O) groups excluding carboxylic acids is 1. The van der Waals surface area contributed by atoms with Crippen LogP contribution in [0.15, 0.2) is 54.9 Å². The van der Waals surface area contributed by atoms with Gasteiger partial charge in [0.25, 0.3) is 5.91 Å². The Morgan fingerprint density at radius 2 is 2.00 bits per heavy atom. The van der Waals surface area contributed by atoms with Gasteiger partial charge in [-0.3, -0.25) is 4.79 Å². The van der Waals surface area contributed by atoms with Crippen LogP contribution in [0.1, 0.15) is 38.9 Å². The Kier molecular flexibility index (Phi) is 4.65. The van der Waals surface area contributed by atoms with Crippen molar-refractivity contribution in [3.63, 3.8) is 0 Å². The smallest absolute Gasteiger partial charge is 0.252 e. The Hall–Kier alpha value is -2.95. The number of hydrogen-bond donors (Lipinski definition) is 1. The summed E-state index contributed by atoms with van der Waals surface area (Å²) in [6.45, 7) is 3.89. The van der Waals surface area contributed by atoms with Crippen LogP contribution in [0.2, 0.25) is 0 Å². The molecule has 4 nitrogen and oxygen atoms in total. The van der Waals surface area contributed by atoms with Crippen LogP contribution in [-0.2, 0) is 7.05 Å². The zero-order chi connectivity index (χ0) is 18.0. The zero-order valence-corrected chi connectivity index (χ0v) is 14.5. The number of carbonyl (C=O) groups is 1. The minimum atomic E-state index is -0.538. The van der Waals surface area contributed by atoms with Crippen molar-refractivity contribution in [2.24, 2.45) is 7.05 Å². The summed E-state index contributed by atoms with van der Waals surface area (Å²) < 4.78 is 15.5. The minimum Gasteiger partial charge on any atom is -0.338 e. The summed E-state index contributed by atoms with van der Waals surface area (Å²) in [5.41, 5.74) is 3.24. The second-order valence-corrected chi connectivity index (χ2v) is 6.18. The summed E-state index contributed by atoms with van der Waals surface area (Å²) in [4.78, 5) is 17.1. The first-order valence-electron chi connectivity index (χ1n) is 8.06. The summed E-state index contributed by atoms with van der Waals surface area (Å²) in [6.07, 6.45) is 3.45. The van der Waals surface area contributed by atoms with Gasteiger partial charge < -0.3 is 9.88 Å². The molecule has 0 radical (unpaired) electrons. The van der Waals surface area contributed by atoms with E-state index in [0.29, 0.717) is 17.0 Å². The maximum absolute atomic E-state index is 13.7. The van der Waals surface area contributed by atoms with Crippen molar-refractivity contribution in [2.75, 3.05) is 0 Å². The van der Waals surface area contributed by atoms with Crippen molar-refractivity contribution < 1.29 is 9.18 Å². The lowest BCUT2D eigenvalue weighted by atomic mass is 10.0. The van der Waals surface area contributed by atoms with Crippen molar-refractivity contribution in [1.82, 2.24) is 14.9 Å². The average Bonchev–Trinajstić information content (AvgIpc) is 2.98. The molecule has 3 rings (SSSR count). The lowest BCUT2D eigenvalue weighted by Crippen LogP contribution is -2.31. The topological polar surface area (TPSA) is 46.9 Å². The van der Waals surface area contributed by atoms with E-state index in [1.807, 2.05) is 37.6 Å². The molecule has 0 fully saturated rings. The first kappa shape index (κ1) is 16.9. The molecular weight excluding hydrogens is 317 g/mol. The molecule has 1 N–H and O–H groups in total. The average molecular weight is 337 g/mol. The third-order valence-corrected chi connectivity index (χ3v) is 4.20. The number of nitrogens with one attached hydrogen (secondary N) is 1. The molecule has 128 valence electrons. The second kappa shape index (κ2) is 6.89. The Balaban J connectivity index is 1.98. The summed E-state index contributed by atoms with van der Waals surface area (Å²) >= 11 is 0. The third-order valence-electron chi connectivity index (χ3n) is 4.20. The van der Waals surface area contributed by atoms with Crippen molar-refractivity contribution in [2.45, 2.75) is 19.9 Å². The number of imidazole rings is 1. The number of aryl methyl sites for hydroxylation is 3. The fourth-order valence-electron chi connectivity index (χ4n) is 2.92. The first-order valence-corrected chi connectivity index (χ1v) is 8.06. The quantitative estimate of drug-likeness (QED) is 0.789. The van der Waals surface area contributed by atoms with E-state index in [-0.39, 0.29) is 11.7 Å².